The fourth-order valence-corrected chi connectivity index (χ4v) is 2.98. The Morgan fingerprint density at radius 2 is 2.39 bits per heavy atom. The van der Waals surface area contributed by atoms with Gasteiger partial charge in [-0.25, -0.2) is 0 Å². The van der Waals surface area contributed by atoms with Crippen molar-refractivity contribution in [3.8, 4) is 6.07 Å². The second-order valence-electron chi connectivity index (χ2n) is 5.02. The van der Waals surface area contributed by atoms with Crippen LogP contribution in [0.15, 0.2) is 24.3 Å². The standard InChI is InChI=1S/C14H15N3O/c15-8-10-2-1-3-11(6-10)9-17-5-4-12-13(17)7-14(18)16-12/h1-3,6,12-13H,4-5,7,9H2,(H,16,18). The average molecular weight is 241 g/mol. The highest BCUT2D eigenvalue weighted by molar-refractivity contribution is 5.80. The number of hydrogen-bond donors (Lipinski definition) is 1. The van der Waals surface area contributed by atoms with Gasteiger partial charge >= 0.3 is 0 Å². The summed E-state index contributed by atoms with van der Waals surface area (Å²) < 4.78 is 0. The fourth-order valence-electron chi connectivity index (χ4n) is 2.98. The quantitative estimate of drug-likeness (QED) is 0.841. The van der Waals surface area contributed by atoms with Crippen molar-refractivity contribution in [2.45, 2.75) is 31.5 Å². The maximum atomic E-state index is 11.4. The van der Waals surface area contributed by atoms with E-state index in [1.54, 1.807) is 0 Å². The van der Waals surface area contributed by atoms with Crippen molar-refractivity contribution in [1.29, 1.82) is 5.26 Å². The fraction of sp³-hybridized carbons (Fsp3) is 0.429. The zero-order valence-electron chi connectivity index (χ0n) is 10.1. The van der Waals surface area contributed by atoms with Crippen molar-refractivity contribution in [3.05, 3.63) is 35.4 Å². The Bertz CT molecular complexity index is 520. The monoisotopic (exact) mass is 241 g/mol. The van der Waals surface area contributed by atoms with Gasteiger partial charge in [0.05, 0.1) is 11.6 Å². The van der Waals surface area contributed by atoms with Crippen LogP contribution in [0.2, 0.25) is 0 Å². The maximum Gasteiger partial charge on any atom is 0.221 e. The number of carbonyl (C=O) groups excluding carboxylic acids is 1. The number of benzene rings is 1. The van der Waals surface area contributed by atoms with Gasteiger partial charge in [0.25, 0.3) is 0 Å². The van der Waals surface area contributed by atoms with Gasteiger partial charge in [-0.3, -0.25) is 9.69 Å². The minimum absolute atomic E-state index is 0.167. The summed E-state index contributed by atoms with van der Waals surface area (Å²) >= 11 is 0. The number of fused-ring (bicyclic) bond motifs is 1. The Hall–Kier alpha value is -1.86. The molecule has 1 aromatic rings. The van der Waals surface area contributed by atoms with E-state index >= 15 is 0 Å². The second kappa shape index (κ2) is 4.43. The molecule has 92 valence electrons. The molecule has 4 heteroatoms. The highest BCUT2D eigenvalue weighted by Crippen LogP contribution is 2.27. The Morgan fingerprint density at radius 3 is 3.22 bits per heavy atom. The number of nitrogens with zero attached hydrogens (tertiary/aromatic N) is 2. The molecule has 0 saturated carbocycles. The van der Waals surface area contributed by atoms with Crippen LogP contribution in [0.3, 0.4) is 0 Å². The molecule has 2 atom stereocenters. The van der Waals surface area contributed by atoms with E-state index in [2.05, 4.69) is 16.3 Å². The molecular weight excluding hydrogens is 226 g/mol. The summed E-state index contributed by atoms with van der Waals surface area (Å²) in [6.45, 7) is 1.85. The molecule has 1 N–H and O–H groups in total. The van der Waals surface area contributed by atoms with Crippen molar-refractivity contribution in [3.63, 3.8) is 0 Å². The summed E-state index contributed by atoms with van der Waals surface area (Å²) in [6, 6.07) is 10.5. The number of amides is 1. The Kier molecular flexibility index (Phi) is 2.77. The minimum Gasteiger partial charge on any atom is -0.352 e. The minimum atomic E-state index is 0.167. The van der Waals surface area contributed by atoms with Gasteiger partial charge in [0, 0.05) is 31.6 Å². The van der Waals surface area contributed by atoms with Gasteiger partial charge < -0.3 is 5.32 Å². The van der Waals surface area contributed by atoms with Crippen LogP contribution in [-0.2, 0) is 11.3 Å². The molecule has 4 nitrogen and oxygen atoms in total. The summed E-state index contributed by atoms with van der Waals surface area (Å²) in [5, 5.41) is 11.9. The molecule has 2 heterocycles. The van der Waals surface area contributed by atoms with Crippen molar-refractivity contribution in [1.82, 2.24) is 10.2 Å². The molecule has 1 aromatic carbocycles. The summed E-state index contributed by atoms with van der Waals surface area (Å²) in [5.41, 5.74) is 1.85. The molecule has 0 radical (unpaired) electrons. The van der Waals surface area contributed by atoms with Crippen molar-refractivity contribution in [2.24, 2.45) is 0 Å². The lowest BCUT2D eigenvalue weighted by molar-refractivity contribution is -0.119. The summed E-state index contributed by atoms with van der Waals surface area (Å²) in [4.78, 5) is 13.7. The van der Waals surface area contributed by atoms with Crippen molar-refractivity contribution >= 4 is 5.91 Å². The topological polar surface area (TPSA) is 56.1 Å². The van der Waals surface area contributed by atoms with Crippen LogP contribution in [0.5, 0.6) is 0 Å². The molecule has 3 rings (SSSR count). The van der Waals surface area contributed by atoms with E-state index < -0.39 is 0 Å². The van der Waals surface area contributed by atoms with E-state index in [9.17, 15) is 4.79 Å². The van der Waals surface area contributed by atoms with E-state index in [1.807, 2.05) is 24.3 Å². The van der Waals surface area contributed by atoms with Crippen LogP contribution in [0, 0.1) is 11.3 Å². The molecule has 2 saturated heterocycles. The lowest BCUT2D eigenvalue weighted by Gasteiger charge is -2.22. The number of rotatable bonds is 2. The van der Waals surface area contributed by atoms with Gasteiger partial charge in [-0.05, 0) is 24.1 Å². The first-order valence-corrected chi connectivity index (χ1v) is 6.29. The highest BCUT2D eigenvalue weighted by Gasteiger charge is 2.40. The smallest absolute Gasteiger partial charge is 0.221 e. The highest BCUT2D eigenvalue weighted by atomic mass is 16.2. The van der Waals surface area contributed by atoms with E-state index in [4.69, 9.17) is 5.26 Å². The molecule has 0 aromatic heterocycles. The van der Waals surface area contributed by atoms with Crippen LogP contribution in [0.4, 0.5) is 0 Å². The summed E-state index contributed by atoms with van der Waals surface area (Å²) in [5.74, 6) is 0.167. The van der Waals surface area contributed by atoms with Gasteiger partial charge in [0.2, 0.25) is 5.91 Å². The SMILES string of the molecule is N#Cc1cccc(CN2CCC3NC(=O)CC32)c1. The van der Waals surface area contributed by atoms with Gasteiger partial charge in [-0.15, -0.1) is 0 Å². The molecule has 2 aliphatic rings. The van der Waals surface area contributed by atoms with Crippen LogP contribution < -0.4 is 5.32 Å². The number of hydrogen-bond acceptors (Lipinski definition) is 3. The first kappa shape index (κ1) is 11.2. The third kappa shape index (κ3) is 1.98. The lowest BCUT2D eigenvalue weighted by Crippen LogP contribution is -2.33. The number of likely N-dealkylation sites (tertiary alicyclic amines) is 1. The van der Waals surface area contributed by atoms with E-state index in [1.165, 1.54) is 0 Å². The number of carbonyl (C=O) groups is 1. The van der Waals surface area contributed by atoms with Crippen LogP contribution >= 0.6 is 0 Å². The Labute approximate surface area is 106 Å². The number of nitrogens with one attached hydrogen (secondary N) is 1. The first-order valence-electron chi connectivity index (χ1n) is 6.29. The zero-order chi connectivity index (χ0) is 12.5. The lowest BCUT2D eigenvalue weighted by atomic mass is 10.1. The van der Waals surface area contributed by atoms with Gasteiger partial charge in [0.15, 0.2) is 0 Å². The van der Waals surface area contributed by atoms with E-state index in [0.29, 0.717) is 24.1 Å². The maximum absolute atomic E-state index is 11.4. The normalized spacial score (nSPS) is 26.7. The van der Waals surface area contributed by atoms with Gasteiger partial charge in [-0.2, -0.15) is 5.26 Å². The third-order valence-electron chi connectivity index (χ3n) is 3.84. The molecule has 0 spiro atoms. The van der Waals surface area contributed by atoms with Crippen LogP contribution in [-0.4, -0.2) is 29.4 Å². The molecule has 0 aliphatic carbocycles. The zero-order valence-corrected chi connectivity index (χ0v) is 10.1. The predicted molar refractivity (Wildman–Crippen MR) is 66.5 cm³/mol. The Morgan fingerprint density at radius 1 is 1.50 bits per heavy atom. The molecule has 2 aliphatic heterocycles. The molecular formula is C14H15N3O. The largest absolute Gasteiger partial charge is 0.352 e. The van der Waals surface area contributed by atoms with Crippen molar-refractivity contribution in [2.75, 3.05) is 6.54 Å². The molecule has 0 bridgehead atoms. The van der Waals surface area contributed by atoms with Crippen LogP contribution in [0.1, 0.15) is 24.0 Å². The number of nitriles is 1. The van der Waals surface area contributed by atoms with E-state index in [0.717, 1.165) is 25.1 Å². The molecule has 2 unspecified atom stereocenters. The first-order chi connectivity index (χ1) is 8.76. The van der Waals surface area contributed by atoms with Gasteiger partial charge in [0.1, 0.15) is 0 Å². The van der Waals surface area contributed by atoms with Crippen LogP contribution in [0.25, 0.3) is 0 Å². The molecule has 18 heavy (non-hydrogen) atoms. The molecule has 1 amide bonds. The predicted octanol–water partition coefficient (Wildman–Crippen LogP) is 1.02. The Balaban J connectivity index is 1.73. The average Bonchev–Trinajstić information content (AvgIpc) is 2.90. The summed E-state index contributed by atoms with van der Waals surface area (Å²) in [6.07, 6.45) is 1.65. The van der Waals surface area contributed by atoms with E-state index in [-0.39, 0.29) is 5.91 Å². The third-order valence-corrected chi connectivity index (χ3v) is 3.84. The summed E-state index contributed by atoms with van der Waals surface area (Å²) in [7, 11) is 0. The van der Waals surface area contributed by atoms with Gasteiger partial charge in [-0.1, -0.05) is 12.1 Å². The van der Waals surface area contributed by atoms with Crippen molar-refractivity contribution < 1.29 is 4.79 Å². The molecule has 2 fully saturated rings. The second-order valence-corrected chi connectivity index (χ2v) is 5.02.